The van der Waals surface area contributed by atoms with Crippen LogP contribution in [0.2, 0.25) is 0 Å². The van der Waals surface area contributed by atoms with Crippen molar-refractivity contribution in [3.8, 4) is 0 Å². The van der Waals surface area contributed by atoms with Gasteiger partial charge < -0.3 is 10.0 Å². The average molecular weight is 302 g/mol. The second-order valence-electron chi connectivity index (χ2n) is 6.16. The summed E-state index contributed by atoms with van der Waals surface area (Å²) in [6.45, 7) is 6.75. The lowest BCUT2D eigenvalue weighted by Crippen LogP contribution is -2.28. The van der Waals surface area contributed by atoms with Gasteiger partial charge in [-0.1, -0.05) is 38.1 Å². The third-order valence-electron chi connectivity index (χ3n) is 4.16. The van der Waals surface area contributed by atoms with E-state index in [1.54, 1.807) is 0 Å². The minimum Gasteiger partial charge on any atom is -0.392 e. The van der Waals surface area contributed by atoms with Gasteiger partial charge in [0.25, 0.3) is 0 Å². The molecule has 0 saturated carbocycles. The van der Waals surface area contributed by atoms with Gasteiger partial charge in [0.1, 0.15) is 5.82 Å². The van der Waals surface area contributed by atoms with Crippen LogP contribution in [0.5, 0.6) is 0 Å². The van der Waals surface area contributed by atoms with Crippen LogP contribution in [0.4, 0.5) is 5.82 Å². The second-order valence-corrected chi connectivity index (χ2v) is 7.96. The molecule has 0 unspecified atom stereocenters. The minimum absolute atomic E-state index is 0.0384. The summed E-state index contributed by atoms with van der Waals surface area (Å²) in [5.74, 6) is 2.19. The number of aliphatic hydroxyl groups excluding tert-OH is 1. The first-order chi connectivity index (χ1) is 10.1. The minimum atomic E-state index is 0.0384. The first kappa shape index (κ1) is 14.7. The number of pyridine rings is 1. The lowest BCUT2D eigenvalue weighted by atomic mass is 10.1. The summed E-state index contributed by atoms with van der Waals surface area (Å²) < 4.78 is 0.343. The van der Waals surface area contributed by atoms with Crippen molar-refractivity contribution in [3.63, 3.8) is 0 Å². The molecule has 0 radical (unpaired) electrons. The fourth-order valence-electron chi connectivity index (χ4n) is 2.85. The molecule has 1 aromatic carbocycles. The van der Waals surface area contributed by atoms with Crippen molar-refractivity contribution >= 4 is 28.4 Å². The number of aliphatic hydroxyl groups is 1. The maximum absolute atomic E-state index is 9.49. The molecular weight excluding hydrogens is 280 g/mol. The third-order valence-corrected chi connectivity index (χ3v) is 5.54. The quantitative estimate of drug-likeness (QED) is 0.922. The van der Waals surface area contributed by atoms with Crippen LogP contribution in [-0.4, -0.2) is 33.7 Å². The SMILES string of the molecule is CC1(C)CCN(c2ncc(CO)c3ccccc23)CCS1. The van der Waals surface area contributed by atoms with Gasteiger partial charge in [0.2, 0.25) is 0 Å². The Kier molecular flexibility index (Phi) is 4.09. The van der Waals surface area contributed by atoms with E-state index >= 15 is 0 Å². The molecule has 3 rings (SSSR count). The van der Waals surface area contributed by atoms with Gasteiger partial charge in [0.05, 0.1) is 6.61 Å². The van der Waals surface area contributed by atoms with Crippen molar-refractivity contribution in [2.75, 3.05) is 23.7 Å². The number of benzene rings is 1. The molecule has 0 atom stereocenters. The number of fused-ring (bicyclic) bond motifs is 1. The smallest absolute Gasteiger partial charge is 0.136 e. The predicted octanol–water partition coefficient (Wildman–Crippen LogP) is 3.45. The molecule has 1 N–H and O–H groups in total. The molecule has 21 heavy (non-hydrogen) atoms. The Morgan fingerprint density at radius 3 is 2.76 bits per heavy atom. The zero-order valence-electron chi connectivity index (χ0n) is 12.7. The maximum Gasteiger partial charge on any atom is 0.136 e. The summed E-state index contributed by atoms with van der Waals surface area (Å²) >= 11 is 2.04. The monoisotopic (exact) mass is 302 g/mol. The highest BCUT2D eigenvalue weighted by Crippen LogP contribution is 2.34. The third kappa shape index (κ3) is 3.01. The molecule has 1 aliphatic heterocycles. The Hall–Kier alpha value is -1.26. The van der Waals surface area contributed by atoms with E-state index in [9.17, 15) is 5.11 Å². The van der Waals surface area contributed by atoms with Crippen LogP contribution in [-0.2, 0) is 6.61 Å². The molecule has 3 nitrogen and oxygen atoms in total. The number of hydrogen-bond donors (Lipinski definition) is 1. The van der Waals surface area contributed by atoms with Gasteiger partial charge in [0, 0.05) is 40.7 Å². The summed E-state index contributed by atoms with van der Waals surface area (Å²) in [4.78, 5) is 7.04. The van der Waals surface area contributed by atoms with Crippen LogP contribution in [0.25, 0.3) is 10.8 Å². The molecule has 112 valence electrons. The molecule has 0 aliphatic carbocycles. The zero-order valence-corrected chi connectivity index (χ0v) is 13.5. The van der Waals surface area contributed by atoms with Gasteiger partial charge in [-0.2, -0.15) is 11.8 Å². The molecule has 1 aromatic heterocycles. The van der Waals surface area contributed by atoms with Crippen LogP contribution in [0, 0.1) is 0 Å². The van der Waals surface area contributed by atoms with E-state index < -0.39 is 0 Å². The Morgan fingerprint density at radius 2 is 2.00 bits per heavy atom. The maximum atomic E-state index is 9.49. The molecule has 1 saturated heterocycles. The number of nitrogens with zero attached hydrogens (tertiary/aromatic N) is 2. The van der Waals surface area contributed by atoms with Crippen LogP contribution in [0.15, 0.2) is 30.5 Å². The van der Waals surface area contributed by atoms with Gasteiger partial charge in [0.15, 0.2) is 0 Å². The largest absolute Gasteiger partial charge is 0.392 e. The molecule has 0 spiro atoms. The van der Waals surface area contributed by atoms with E-state index in [-0.39, 0.29) is 6.61 Å². The molecule has 0 bridgehead atoms. The van der Waals surface area contributed by atoms with Crippen molar-refractivity contribution < 1.29 is 5.11 Å². The van der Waals surface area contributed by atoms with Crippen molar-refractivity contribution in [3.05, 3.63) is 36.0 Å². The van der Waals surface area contributed by atoms with Gasteiger partial charge in [-0.3, -0.25) is 0 Å². The predicted molar refractivity (Wildman–Crippen MR) is 91.0 cm³/mol. The van der Waals surface area contributed by atoms with E-state index in [0.29, 0.717) is 4.75 Å². The summed E-state index contributed by atoms with van der Waals surface area (Å²) in [6.07, 6.45) is 2.98. The van der Waals surface area contributed by atoms with Gasteiger partial charge >= 0.3 is 0 Å². The lowest BCUT2D eigenvalue weighted by molar-refractivity contribution is 0.283. The molecule has 1 aliphatic rings. The Bertz CT molecular complexity index is 642. The average Bonchev–Trinajstić information content (AvgIpc) is 2.67. The van der Waals surface area contributed by atoms with E-state index in [1.807, 2.05) is 30.1 Å². The highest BCUT2D eigenvalue weighted by Gasteiger charge is 2.25. The summed E-state index contributed by atoms with van der Waals surface area (Å²) in [7, 11) is 0. The highest BCUT2D eigenvalue weighted by molar-refractivity contribution is 8.00. The molecule has 0 amide bonds. The van der Waals surface area contributed by atoms with Crippen LogP contribution < -0.4 is 4.90 Å². The molecule has 4 heteroatoms. The summed E-state index contributed by atoms with van der Waals surface area (Å²) in [5, 5.41) is 11.8. The van der Waals surface area contributed by atoms with Crippen molar-refractivity contribution in [2.24, 2.45) is 0 Å². The standard InChI is InChI=1S/C17H22N2OS/c1-17(2)7-8-19(9-10-21-17)16-15-6-4-3-5-14(15)13(12-20)11-18-16/h3-6,11,20H,7-10,12H2,1-2H3. The van der Waals surface area contributed by atoms with Crippen molar-refractivity contribution in [1.29, 1.82) is 0 Å². The zero-order chi connectivity index (χ0) is 14.9. The lowest BCUT2D eigenvalue weighted by Gasteiger charge is -2.24. The van der Waals surface area contributed by atoms with Gasteiger partial charge in [-0.15, -0.1) is 0 Å². The Morgan fingerprint density at radius 1 is 1.24 bits per heavy atom. The van der Waals surface area contributed by atoms with Gasteiger partial charge in [-0.25, -0.2) is 4.98 Å². The van der Waals surface area contributed by atoms with Crippen LogP contribution >= 0.6 is 11.8 Å². The number of hydrogen-bond acceptors (Lipinski definition) is 4. The molecular formula is C17H22N2OS. The second kappa shape index (κ2) is 5.85. The highest BCUT2D eigenvalue weighted by atomic mass is 32.2. The van der Waals surface area contributed by atoms with E-state index in [0.717, 1.165) is 47.4 Å². The fourth-order valence-corrected chi connectivity index (χ4v) is 3.95. The van der Waals surface area contributed by atoms with E-state index in [4.69, 9.17) is 0 Å². The number of rotatable bonds is 2. The first-order valence-electron chi connectivity index (χ1n) is 7.47. The fraction of sp³-hybridized carbons (Fsp3) is 0.471. The first-order valence-corrected chi connectivity index (χ1v) is 8.46. The summed E-state index contributed by atoms with van der Waals surface area (Å²) in [5.41, 5.74) is 0.902. The topological polar surface area (TPSA) is 36.4 Å². The van der Waals surface area contributed by atoms with Crippen LogP contribution in [0.1, 0.15) is 25.8 Å². The normalized spacial score (nSPS) is 18.7. The van der Waals surface area contributed by atoms with Gasteiger partial charge in [-0.05, 0) is 11.8 Å². The Balaban J connectivity index is 2.01. The van der Waals surface area contributed by atoms with E-state index in [2.05, 4.69) is 35.9 Å². The summed E-state index contributed by atoms with van der Waals surface area (Å²) in [6, 6.07) is 8.25. The molecule has 1 fully saturated rings. The van der Waals surface area contributed by atoms with Crippen molar-refractivity contribution in [2.45, 2.75) is 31.6 Å². The van der Waals surface area contributed by atoms with Crippen LogP contribution in [0.3, 0.4) is 0 Å². The van der Waals surface area contributed by atoms with Crippen molar-refractivity contribution in [1.82, 2.24) is 4.98 Å². The molecule has 2 heterocycles. The number of thioether (sulfide) groups is 1. The van der Waals surface area contributed by atoms with E-state index in [1.165, 1.54) is 0 Å². The number of aromatic nitrogens is 1. The number of anilines is 1. The molecule has 2 aromatic rings. The Labute approximate surface area is 130 Å².